The molecule has 1 heterocycles. The second-order valence-corrected chi connectivity index (χ2v) is 6.28. The molecule has 98 valence electrons. The Labute approximate surface area is 113 Å². The van der Waals surface area contributed by atoms with Gasteiger partial charge in [-0.2, -0.15) is 11.8 Å². The van der Waals surface area contributed by atoms with Crippen LogP contribution >= 0.6 is 11.8 Å². The van der Waals surface area contributed by atoms with Gasteiger partial charge in [-0.25, -0.2) is 0 Å². The highest BCUT2D eigenvalue weighted by atomic mass is 32.2. The van der Waals surface area contributed by atoms with Gasteiger partial charge in [0.15, 0.2) is 0 Å². The van der Waals surface area contributed by atoms with Gasteiger partial charge in [-0.3, -0.25) is 4.79 Å². The summed E-state index contributed by atoms with van der Waals surface area (Å²) in [4.78, 5) is 14.5. The van der Waals surface area contributed by atoms with Crippen LogP contribution in [0.2, 0.25) is 0 Å². The van der Waals surface area contributed by atoms with E-state index in [0.29, 0.717) is 5.25 Å². The number of hydrogen-bond donors (Lipinski definition) is 1. The van der Waals surface area contributed by atoms with Crippen LogP contribution in [0.25, 0.3) is 0 Å². The maximum Gasteiger partial charge on any atom is 0.256 e. The Hall–Kier alpha value is -1.16. The van der Waals surface area contributed by atoms with E-state index in [1.54, 1.807) is 0 Å². The number of thioether (sulfide) groups is 1. The van der Waals surface area contributed by atoms with Crippen LogP contribution in [0.1, 0.15) is 22.8 Å². The van der Waals surface area contributed by atoms with E-state index in [4.69, 9.17) is 0 Å². The van der Waals surface area contributed by atoms with Crippen LogP contribution in [-0.4, -0.2) is 41.9 Å². The average molecular weight is 264 g/mol. The van der Waals surface area contributed by atoms with E-state index in [9.17, 15) is 4.79 Å². The Morgan fingerprint density at radius 3 is 2.94 bits per heavy atom. The van der Waals surface area contributed by atoms with Gasteiger partial charge >= 0.3 is 0 Å². The topological polar surface area (TPSA) is 32.3 Å². The monoisotopic (exact) mass is 264 g/mol. The Morgan fingerprint density at radius 1 is 1.50 bits per heavy atom. The lowest BCUT2D eigenvalue weighted by Gasteiger charge is -2.31. The molecule has 1 atom stereocenters. The summed E-state index contributed by atoms with van der Waals surface area (Å²) in [7, 11) is 1.86. The molecule has 1 aromatic carbocycles. The number of carbonyl (C=O) groups excluding carboxylic acids is 1. The fourth-order valence-electron chi connectivity index (χ4n) is 2.22. The predicted octanol–water partition coefficient (Wildman–Crippen LogP) is 2.61. The zero-order valence-electron chi connectivity index (χ0n) is 11.2. The third-order valence-corrected chi connectivity index (χ3v) is 4.34. The van der Waals surface area contributed by atoms with Crippen molar-refractivity contribution in [3.05, 3.63) is 29.3 Å². The zero-order chi connectivity index (χ0) is 13.1. The number of anilines is 1. The number of aryl methyl sites for hydroxylation is 1. The molecule has 1 aliphatic heterocycles. The quantitative estimate of drug-likeness (QED) is 0.891. The lowest BCUT2D eigenvalue weighted by molar-refractivity contribution is 0.0764. The van der Waals surface area contributed by atoms with Gasteiger partial charge < -0.3 is 10.2 Å². The first-order valence-electron chi connectivity index (χ1n) is 6.31. The molecular weight excluding hydrogens is 244 g/mol. The number of carbonyl (C=O) groups is 1. The van der Waals surface area contributed by atoms with Crippen molar-refractivity contribution in [1.29, 1.82) is 0 Å². The molecule has 4 heteroatoms. The van der Waals surface area contributed by atoms with Gasteiger partial charge in [-0.05, 0) is 24.6 Å². The predicted molar refractivity (Wildman–Crippen MR) is 78.5 cm³/mol. The van der Waals surface area contributed by atoms with Crippen molar-refractivity contribution >= 4 is 23.4 Å². The van der Waals surface area contributed by atoms with Crippen molar-refractivity contribution in [2.45, 2.75) is 19.1 Å². The Morgan fingerprint density at radius 2 is 2.28 bits per heavy atom. The summed E-state index contributed by atoms with van der Waals surface area (Å²) in [6.45, 7) is 5.92. The van der Waals surface area contributed by atoms with E-state index in [-0.39, 0.29) is 5.91 Å². The maximum absolute atomic E-state index is 12.5. The highest BCUT2D eigenvalue weighted by Crippen LogP contribution is 2.23. The Balaban J connectivity index is 2.22. The molecule has 1 N–H and O–H groups in total. The van der Waals surface area contributed by atoms with Crippen molar-refractivity contribution in [1.82, 2.24) is 4.90 Å². The summed E-state index contributed by atoms with van der Waals surface area (Å²) in [6.07, 6.45) is 0. The largest absolute Gasteiger partial charge is 0.387 e. The van der Waals surface area contributed by atoms with Crippen LogP contribution in [-0.2, 0) is 0 Å². The molecule has 1 amide bonds. The van der Waals surface area contributed by atoms with Crippen LogP contribution in [0, 0.1) is 6.92 Å². The van der Waals surface area contributed by atoms with Crippen molar-refractivity contribution in [2.75, 3.05) is 31.2 Å². The standard InChI is InChI=1S/C14H20N2OS/c1-10-4-5-12(13(8-10)15-3)14(17)16-6-7-18-11(2)9-16/h4-5,8,11,15H,6-7,9H2,1-3H3. The van der Waals surface area contributed by atoms with Crippen LogP contribution in [0.15, 0.2) is 18.2 Å². The van der Waals surface area contributed by atoms with Crippen molar-refractivity contribution in [3.8, 4) is 0 Å². The molecule has 1 unspecified atom stereocenters. The molecular formula is C14H20N2OS. The second kappa shape index (κ2) is 5.65. The van der Waals surface area contributed by atoms with Crippen molar-refractivity contribution in [2.24, 2.45) is 0 Å². The minimum atomic E-state index is 0.145. The molecule has 0 saturated carbocycles. The molecule has 1 aromatic rings. The zero-order valence-corrected chi connectivity index (χ0v) is 12.0. The van der Waals surface area contributed by atoms with Crippen molar-refractivity contribution in [3.63, 3.8) is 0 Å². The molecule has 0 bridgehead atoms. The van der Waals surface area contributed by atoms with Crippen LogP contribution < -0.4 is 5.32 Å². The lowest BCUT2D eigenvalue weighted by Crippen LogP contribution is -2.41. The molecule has 1 aliphatic rings. The highest BCUT2D eigenvalue weighted by molar-refractivity contribution is 7.99. The first kappa shape index (κ1) is 13.3. The van der Waals surface area contributed by atoms with E-state index in [0.717, 1.165) is 30.1 Å². The van der Waals surface area contributed by atoms with E-state index < -0.39 is 0 Å². The molecule has 3 nitrogen and oxygen atoms in total. The molecule has 1 fully saturated rings. The van der Waals surface area contributed by atoms with Gasteiger partial charge in [-0.15, -0.1) is 0 Å². The molecule has 0 aromatic heterocycles. The molecule has 2 rings (SSSR count). The SMILES string of the molecule is CNc1cc(C)ccc1C(=O)N1CCSC(C)C1. The smallest absolute Gasteiger partial charge is 0.256 e. The van der Waals surface area contributed by atoms with Gasteiger partial charge in [-0.1, -0.05) is 13.0 Å². The Bertz CT molecular complexity index is 447. The third-order valence-electron chi connectivity index (χ3n) is 3.20. The summed E-state index contributed by atoms with van der Waals surface area (Å²) < 4.78 is 0. The van der Waals surface area contributed by atoms with Gasteiger partial charge in [0.1, 0.15) is 0 Å². The fourth-order valence-corrected chi connectivity index (χ4v) is 3.24. The van der Waals surface area contributed by atoms with Gasteiger partial charge in [0, 0.05) is 36.8 Å². The van der Waals surface area contributed by atoms with Crippen molar-refractivity contribution < 1.29 is 4.79 Å². The average Bonchev–Trinajstić information content (AvgIpc) is 2.37. The van der Waals surface area contributed by atoms with Gasteiger partial charge in [0.2, 0.25) is 0 Å². The number of rotatable bonds is 2. The normalized spacial score (nSPS) is 19.7. The fraction of sp³-hybridized carbons (Fsp3) is 0.500. The van der Waals surface area contributed by atoms with E-state index in [1.807, 2.05) is 48.8 Å². The molecule has 0 radical (unpaired) electrons. The first-order valence-corrected chi connectivity index (χ1v) is 7.36. The van der Waals surface area contributed by atoms with Crippen LogP contribution in [0.4, 0.5) is 5.69 Å². The Kier molecular flexibility index (Phi) is 4.17. The second-order valence-electron chi connectivity index (χ2n) is 4.73. The summed E-state index contributed by atoms with van der Waals surface area (Å²) in [5.74, 6) is 1.18. The minimum absolute atomic E-state index is 0.145. The highest BCUT2D eigenvalue weighted by Gasteiger charge is 2.23. The van der Waals surface area contributed by atoms with Gasteiger partial charge in [0.25, 0.3) is 5.91 Å². The number of nitrogens with one attached hydrogen (secondary N) is 1. The molecule has 0 aliphatic carbocycles. The molecule has 0 spiro atoms. The first-order chi connectivity index (χ1) is 8.61. The van der Waals surface area contributed by atoms with Gasteiger partial charge in [0.05, 0.1) is 5.56 Å². The number of nitrogens with zero attached hydrogens (tertiary/aromatic N) is 1. The van der Waals surface area contributed by atoms with E-state index in [1.165, 1.54) is 5.56 Å². The number of amides is 1. The van der Waals surface area contributed by atoms with Crippen LogP contribution in [0.5, 0.6) is 0 Å². The summed E-state index contributed by atoms with van der Waals surface area (Å²) in [5.41, 5.74) is 2.87. The summed E-state index contributed by atoms with van der Waals surface area (Å²) in [5, 5.41) is 3.65. The van der Waals surface area contributed by atoms with E-state index >= 15 is 0 Å². The minimum Gasteiger partial charge on any atom is -0.387 e. The summed E-state index contributed by atoms with van der Waals surface area (Å²) in [6, 6.07) is 5.95. The lowest BCUT2D eigenvalue weighted by atomic mass is 10.1. The molecule has 1 saturated heterocycles. The molecule has 18 heavy (non-hydrogen) atoms. The van der Waals surface area contributed by atoms with Crippen LogP contribution in [0.3, 0.4) is 0 Å². The summed E-state index contributed by atoms with van der Waals surface area (Å²) >= 11 is 1.94. The number of hydrogen-bond acceptors (Lipinski definition) is 3. The number of benzene rings is 1. The van der Waals surface area contributed by atoms with E-state index in [2.05, 4.69) is 12.2 Å². The third kappa shape index (κ3) is 2.80. The maximum atomic E-state index is 12.5.